The summed E-state index contributed by atoms with van der Waals surface area (Å²) in [5, 5.41) is 2.80. The summed E-state index contributed by atoms with van der Waals surface area (Å²) in [7, 11) is 0. The maximum Gasteiger partial charge on any atom is 0.262 e. The molecule has 0 aliphatic carbocycles. The second kappa shape index (κ2) is 9.21. The summed E-state index contributed by atoms with van der Waals surface area (Å²) >= 11 is 0. The Hall–Kier alpha value is -2.82. The van der Waals surface area contributed by atoms with Gasteiger partial charge in [0.15, 0.2) is 6.61 Å². The second-order valence-corrected chi connectivity index (χ2v) is 6.55. The van der Waals surface area contributed by atoms with Crippen LogP contribution in [0.25, 0.3) is 0 Å². The zero-order valence-electron chi connectivity index (χ0n) is 16.8. The summed E-state index contributed by atoms with van der Waals surface area (Å²) in [5.74, 6) is 0.509. The van der Waals surface area contributed by atoms with Crippen LogP contribution < -0.4 is 10.1 Å². The predicted molar refractivity (Wildman–Crippen MR) is 108 cm³/mol. The van der Waals surface area contributed by atoms with Crippen LogP contribution in [0, 0.1) is 20.8 Å². The molecule has 0 fully saturated rings. The molecule has 0 saturated heterocycles. The monoisotopic (exact) mass is 368 g/mol. The lowest BCUT2D eigenvalue weighted by atomic mass is 10.1. The van der Waals surface area contributed by atoms with E-state index in [1.54, 1.807) is 29.2 Å². The van der Waals surface area contributed by atoms with Gasteiger partial charge in [-0.25, -0.2) is 0 Å². The van der Waals surface area contributed by atoms with Crippen molar-refractivity contribution in [3.8, 4) is 5.75 Å². The summed E-state index contributed by atoms with van der Waals surface area (Å²) in [6.07, 6.45) is 0. The van der Waals surface area contributed by atoms with Crippen molar-refractivity contribution in [2.45, 2.75) is 34.6 Å². The quantitative estimate of drug-likeness (QED) is 0.800. The summed E-state index contributed by atoms with van der Waals surface area (Å²) in [5.41, 5.74) is 4.42. The molecule has 0 aromatic heterocycles. The van der Waals surface area contributed by atoms with Crippen molar-refractivity contribution in [3.63, 3.8) is 0 Å². The largest absolute Gasteiger partial charge is 0.483 e. The Morgan fingerprint density at radius 3 is 2.11 bits per heavy atom. The zero-order valence-corrected chi connectivity index (χ0v) is 16.8. The Kier molecular flexibility index (Phi) is 6.99. The molecule has 2 aromatic carbocycles. The molecule has 0 radical (unpaired) electrons. The van der Waals surface area contributed by atoms with Gasteiger partial charge in [0.2, 0.25) is 0 Å². The molecule has 0 spiro atoms. The van der Waals surface area contributed by atoms with E-state index < -0.39 is 0 Å². The van der Waals surface area contributed by atoms with E-state index in [2.05, 4.69) is 5.32 Å². The van der Waals surface area contributed by atoms with Crippen LogP contribution in [0.2, 0.25) is 0 Å². The van der Waals surface area contributed by atoms with E-state index in [-0.39, 0.29) is 18.4 Å². The summed E-state index contributed by atoms with van der Waals surface area (Å²) in [6, 6.07) is 11.0. The normalized spacial score (nSPS) is 10.4. The molecule has 144 valence electrons. The van der Waals surface area contributed by atoms with Crippen molar-refractivity contribution in [2.75, 3.05) is 25.0 Å². The van der Waals surface area contributed by atoms with Crippen LogP contribution in [0.5, 0.6) is 5.75 Å². The van der Waals surface area contributed by atoms with Crippen LogP contribution in [-0.4, -0.2) is 36.4 Å². The average molecular weight is 368 g/mol. The third-order valence-electron chi connectivity index (χ3n) is 4.69. The summed E-state index contributed by atoms with van der Waals surface area (Å²) in [6.45, 7) is 11.1. The first kappa shape index (κ1) is 20.5. The first-order chi connectivity index (χ1) is 12.9. The number of carbonyl (C=O) groups is 2. The lowest BCUT2D eigenvalue weighted by Crippen LogP contribution is -2.30. The Labute approximate surface area is 161 Å². The van der Waals surface area contributed by atoms with Gasteiger partial charge in [0.25, 0.3) is 11.8 Å². The van der Waals surface area contributed by atoms with E-state index in [0.717, 1.165) is 22.4 Å². The first-order valence-electron chi connectivity index (χ1n) is 9.26. The number of amides is 2. The van der Waals surface area contributed by atoms with Crippen LogP contribution in [0.1, 0.15) is 40.9 Å². The first-order valence-corrected chi connectivity index (χ1v) is 9.26. The Bertz CT molecular complexity index is 809. The van der Waals surface area contributed by atoms with Gasteiger partial charge in [-0.15, -0.1) is 0 Å². The molecule has 0 aliphatic heterocycles. The Morgan fingerprint density at radius 1 is 0.926 bits per heavy atom. The molecule has 5 heteroatoms. The van der Waals surface area contributed by atoms with Gasteiger partial charge in [0, 0.05) is 24.3 Å². The number of carbonyl (C=O) groups excluding carboxylic acids is 2. The minimum Gasteiger partial charge on any atom is -0.483 e. The number of ether oxygens (including phenoxy) is 1. The van der Waals surface area contributed by atoms with Gasteiger partial charge < -0.3 is 15.0 Å². The van der Waals surface area contributed by atoms with E-state index >= 15 is 0 Å². The number of nitrogens with one attached hydrogen (secondary N) is 1. The molecule has 2 rings (SSSR count). The van der Waals surface area contributed by atoms with Gasteiger partial charge in [-0.2, -0.15) is 0 Å². The van der Waals surface area contributed by atoms with Gasteiger partial charge >= 0.3 is 0 Å². The topological polar surface area (TPSA) is 58.6 Å². The number of rotatable bonds is 7. The Morgan fingerprint density at radius 2 is 1.52 bits per heavy atom. The van der Waals surface area contributed by atoms with Crippen molar-refractivity contribution in [2.24, 2.45) is 0 Å². The number of aryl methyl sites for hydroxylation is 2. The lowest BCUT2D eigenvalue weighted by Gasteiger charge is -2.18. The fraction of sp³-hybridized carbons (Fsp3) is 0.364. The fourth-order valence-corrected chi connectivity index (χ4v) is 2.87. The maximum atomic E-state index is 12.3. The van der Waals surface area contributed by atoms with Crippen LogP contribution in [-0.2, 0) is 4.79 Å². The molecule has 0 aliphatic rings. The van der Waals surface area contributed by atoms with E-state index in [1.165, 1.54) is 0 Å². The average Bonchev–Trinajstić information content (AvgIpc) is 2.66. The van der Waals surface area contributed by atoms with Crippen LogP contribution in [0.4, 0.5) is 5.69 Å². The minimum absolute atomic E-state index is 0.00777. The van der Waals surface area contributed by atoms with Crippen molar-refractivity contribution >= 4 is 17.5 Å². The third-order valence-corrected chi connectivity index (χ3v) is 4.69. The molecule has 0 bridgehead atoms. The molecule has 2 aromatic rings. The highest BCUT2D eigenvalue weighted by molar-refractivity contribution is 5.96. The van der Waals surface area contributed by atoms with Crippen LogP contribution in [0.15, 0.2) is 36.4 Å². The molecule has 1 N–H and O–H groups in total. The minimum atomic E-state index is -0.238. The molecule has 5 nitrogen and oxygen atoms in total. The molecule has 27 heavy (non-hydrogen) atoms. The van der Waals surface area contributed by atoms with E-state index in [1.807, 2.05) is 46.8 Å². The predicted octanol–water partition coefficient (Wildman–Crippen LogP) is 4.11. The van der Waals surface area contributed by atoms with Gasteiger partial charge in [-0.05, 0) is 75.6 Å². The number of benzene rings is 2. The highest BCUT2D eigenvalue weighted by atomic mass is 16.5. The number of hydrogen-bond acceptors (Lipinski definition) is 3. The molecule has 0 unspecified atom stereocenters. The van der Waals surface area contributed by atoms with Gasteiger partial charge in [0.1, 0.15) is 5.75 Å². The fourth-order valence-electron chi connectivity index (χ4n) is 2.87. The molecular formula is C22H28N2O3. The number of hydrogen-bond donors (Lipinski definition) is 1. The van der Waals surface area contributed by atoms with Gasteiger partial charge in [-0.3, -0.25) is 9.59 Å². The molecule has 0 heterocycles. The van der Waals surface area contributed by atoms with Crippen molar-refractivity contribution in [1.82, 2.24) is 4.90 Å². The molecule has 0 saturated carbocycles. The number of anilines is 1. The van der Waals surface area contributed by atoms with Crippen molar-refractivity contribution in [3.05, 3.63) is 58.7 Å². The highest BCUT2D eigenvalue weighted by Crippen LogP contribution is 2.25. The van der Waals surface area contributed by atoms with Gasteiger partial charge in [0.05, 0.1) is 0 Å². The third kappa shape index (κ3) is 5.09. The molecule has 2 amide bonds. The smallest absolute Gasteiger partial charge is 0.262 e. The van der Waals surface area contributed by atoms with Crippen LogP contribution in [0.3, 0.4) is 0 Å². The summed E-state index contributed by atoms with van der Waals surface area (Å²) < 4.78 is 5.73. The standard InChI is InChI=1S/C22H28N2O3/c1-6-24(7-2)22(26)18-10-12-19(13-11-18)23-20(25)14-27-21-16(4)9-8-15(3)17(21)5/h8-13H,6-7,14H2,1-5H3,(H,23,25). The highest BCUT2D eigenvalue weighted by Gasteiger charge is 2.13. The lowest BCUT2D eigenvalue weighted by molar-refractivity contribution is -0.118. The molecular weight excluding hydrogens is 340 g/mol. The number of nitrogens with zero attached hydrogens (tertiary/aromatic N) is 1. The van der Waals surface area contributed by atoms with Crippen molar-refractivity contribution < 1.29 is 14.3 Å². The van der Waals surface area contributed by atoms with Crippen molar-refractivity contribution in [1.29, 1.82) is 0 Å². The zero-order chi connectivity index (χ0) is 20.0. The summed E-state index contributed by atoms with van der Waals surface area (Å²) in [4.78, 5) is 26.3. The maximum absolute atomic E-state index is 12.3. The van der Waals surface area contributed by atoms with Crippen LogP contribution >= 0.6 is 0 Å². The SMILES string of the molecule is CCN(CC)C(=O)c1ccc(NC(=O)COc2c(C)ccc(C)c2C)cc1. The van der Waals surface area contributed by atoms with E-state index in [9.17, 15) is 9.59 Å². The Balaban J connectivity index is 1.97. The van der Waals surface area contributed by atoms with E-state index in [0.29, 0.717) is 24.3 Å². The molecule has 0 atom stereocenters. The van der Waals surface area contributed by atoms with E-state index in [4.69, 9.17) is 4.74 Å². The second-order valence-electron chi connectivity index (χ2n) is 6.55. The van der Waals surface area contributed by atoms with Gasteiger partial charge in [-0.1, -0.05) is 12.1 Å².